The lowest BCUT2D eigenvalue weighted by Crippen LogP contribution is -2.49. The van der Waals surface area contributed by atoms with E-state index in [0.717, 1.165) is 37.7 Å². The third-order valence-corrected chi connectivity index (χ3v) is 5.06. The number of hydrogen-bond donors (Lipinski definition) is 1. The van der Waals surface area contributed by atoms with Crippen molar-refractivity contribution in [2.24, 2.45) is 5.92 Å². The summed E-state index contributed by atoms with van der Waals surface area (Å²) in [6.45, 7) is 0.0648. The summed E-state index contributed by atoms with van der Waals surface area (Å²) < 4.78 is 5.36. The van der Waals surface area contributed by atoms with Gasteiger partial charge >= 0.3 is 5.97 Å². The van der Waals surface area contributed by atoms with E-state index in [1.54, 1.807) is 30.3 Å². The number of rotatable bonds is 7. The van der Waals surface area contributed by atoms with Gasteiger partial charge in [0, 0.05) is 11.5 Å². The Labute approximate surface area is 165 Å². The standard InChI is InChI=1S/C23H25NO4/c25-21(18-12-6-2-7-13-18)20(24-22(26)19-14-8-3-9-15-19)23(27)28-16-17-10-4-1-5-11-17/h1,3-5,8-11,14-15,18,20H,2,6-7,12-13,16H2,(H,24,26). The van der Waals surface area contributed by atoms with Crippen LogP contribution in [0.2, 0.25) is 0 Å². The molecule has 0 bridgehead atoms. The first-order chi connectivity index (χ1) is 13.6. The lowest BCUT2D eigenvalue weighted by Gasteiger charge is -2.25. The van der Waals surface area contributed by atoms with Gasteiger partial charge in [-0.3, -0.25) is 9.59 Å². The molecule has 1 fully saturated rings. The molecule has 0 heterocycles. The summed E-state index contributed by atoms with van der Waals surface area (Å²) in [6.07, 6.45) is 4.54. The lowest BCUT2D eigenvalue weighted by molar-refractivity contribution is -0.151. The molecule has 1 saturated carbocycles. The molecule has 146 valence electrons. The first kappa shape index (κ1) is 19.8. The molecule has 1 atom stereocenters. The van der Waals surface area contributed by atoms with Crippen molar-refractivity contribution in [2.75, 3.05) is 0 Å². The molecule has 1 N–H and O–H groups in total. The average Bonchev–Trinajstić information content (AvgIpc) is 2.77. The number of ketones is 1. The van der Waals surface area contributed by atoms with E-state index in [4.69, 9.17) is 4.74 Å². The number of amides is 1. The Hall–Kier alpha value is -2.95. The van der Waals surface area contributed by atoms with Gasteiger partial charge in [0.1, 0.15) is 6.61 Å². The van der Waals surface area contributed by atoms with Gasteiger partial charge in [0.05, 0.1) is 0 Å². The average molecular weight is 379 g/mol. The highest BCUT2D eigenvalue weighted by Crippen LogP contribution is 2.25. The quantitative estimate of drug-likeness (QED) is 0.588. The number of hydrogen-bond acceptors (Lipinski definition) is 4. The van der Waals surface area contributed by atoms with Gasteiger partial charge in [-0.05, 0) is 30.5 Å². The number of carbonyl (C=O) groups excluding carboxylic acids is 3. The van der Waals surface area contributed by atoms with Crippen LogP contribution < -0.4 is 5.32 Å². The molecule has 1 amide bonds. The van der Waals surface area contributed by atoms with Crippen molar-refractivity contribution in [1.29, 1.82) is 0 Å². The Kier molecular flexibility index (Phi) is 6.95. The summed E-state index contributed by atoms with van der Waals surface area (Å²) in [5.41, 5.74) is 1.23. The Bertz CT molecular complexity index is 798. The molecular weight excluding hydrogens is 354 g/mol. The molecule has 3 rings (SSSR count). The third-order valence-electron chi connectivity index (χ3n) is 5.06. The maximum Gasteiger partial charge on any atom is 0.336 e. The molecule has 2 aromatic rings. The summed E-state index contributed by atoms with van der Waals surface area (Å²) in [7, 11) is 0. The number of ether oxygens (including phenoxy) is 1. The topological polar surface area (TPSA) is 72.5 Å². The lowest BCUT2D eigenvalue weighted by atomic mass is 9.83. The van der Waals surface area contributed by atoms with E-state index < -0.39 is 17.9 Å². The van der Waals surface area contributed by atoms with E-state index in [1.807, 2.05) is 30.3 Å². The predicted molar refractivity (Wildman–Crippen MR) is 106 cm³/mol. The fourth-order valence-electron chi connectivity index (χ4n) is 3.49. The van der Waals surface area contributed by atoms with E-state index >= 15 is 0 Å². The fourth-order valence-corrected chi connectivity index (χ4v) is 3.49. The highest BCUT2D eigenvalue weighted by molar-refractivity contribution is 6.08. The Morgan fingerprint density at radius 3 is 2.14 bits per heavy atom. The van der Waals surface area contributed by atoms with Gasteiger partial charge in [0.25, 0.3) is 5.91 Å². The summed E-state index contributed by atoms with van der Waals surface area (Å²) >= 11 is 0. The molecule has 0 aliphatic heterocycles. The molecular formula is C23H25NO4. The summed E-state index contributed by atoms with van der Waals surface area (Å²) in [6, 6.07) is 16.5. The van der Waals surface area contributed by atoms with Crippen molar-refractivity contribution in [3.8, 4) is 0 Å². The second kappa shape index (κ2) is 9.83. The van der Waals surface area contributed by atoms with Crippen molar-refractivity contribution in [3.63, 3.8) is 0 Å². The Morgan fingerprint density at radius 2 is 1.50 bits per heavy atom. The van der Waals surface area contributed by atoms with E-state index in [-0.39, 0.29) is 18.3 Å². The largest absolute Gasteiger partial charge is 0.459 e. The number of esters is 1. The van der Waals surface area contributed by atoms with Crippen LogP contribution in [-0.2, 0) is 20.9 Å². The van der Waals surface area contributed by atoms with Crippen molar-refractivity contribution >= 4 is 17.7 Å². The minimum atomic E-state index is -1.28. The zero-order valence-corrected chi connectivity index (χ0v) is 15.8. The van der Waals surface area contributed by atoms with E-state index in [0.29, 0.717) is 5.56 Å². The van der Waals surface area contributed by atoms with Gasteiger partial charge in [0.2, 0.25) is 0 Å². The smallest absolute Gasteiger partial charge is 0.336 e. The monoisotopic (exact) mass is 379 g/mol. The molecule has 0 saturated heterocycles. The highest BCUT2D eigenvalue weighted by atomic mass is 16.5. The predicted octanol–water partition coefficient (Wildman–Crippen LogP) is 3.68. The first-order valence-corrected chi connectivity index (χ1v) is 9.75. The first-order valence-electron chi connectivity index (χ1n) is 9.75. The number of benzene rings is 2. The minimum absolute atomic E-state index is 0.0648. The van der Waals surface area contributed by atoms with Crippen molar-refractivity contribution < 1.29 is 19.1 Å². The van der Waals surface area contributed by atoms with Crippen LogP contribution in [0.1, 0.15) is 48.0 Å². The molecule has 2 aromatic carbocycles. The van der Waals surface area contributed by atoms with Crippen LogP contribution in [0.15, 0.2) is 60.7 Å². The molecule has 5 heteroatoms. The van der Waals surface area contributed by atoms with Crippen LogP contribution in [0, 0.1) is 5.92 Å². The number of Topliss-reactive ketones (excluding diaryl/α,β-unsaturated/α-hetero) is 1. The molecule has 5 nitrogen and oxygen atoms in total. The molecule has 28 heavy (non-hydrogen) atoms. The van der Waals surface area contributed by atoms with E-state index in [1.165, 1.54) is 0 Å². The summed E-state index contributed by atoms with van der Waals surface area (Å²) in [5, 5.41) is 2.60. The third kappa shape index (κ3) is 5.28. The number of nitrogens with one attached hydrogen (secondary N) is 1. The summed E-state index contributed by atoms with van der Waals surface area (Å²) in [4.78, 5) is 38.3. The van der Waals surface area contributed by atoms with E-state index in [9.17, 15) is 14.4 Å². The molecule has 1 aliphatic carbocycles. The highest BCUT2D eigenvalue weighted by Gasteiger charge is 2.35. The van der Waals surface area contributed by atoms with Crippen molar-refractivity contribution in [2.45, 2.75) is 44.8 Å². The van der Waals surface area contributed by atoms with Crippen LogP contribution in [0.3, 0.4) is 0 Å². The van der Waals surface area contributed by atoms with Gasteiger partial charge in [-0.15, -0.1) is 0 Å². The Morgan fingerprint density at radius 1 is 0.893 bits per heavy atom. The minimum Gasteiger partial charge on any atom is -0.459 e. The van der Waals surface area contributed by atoms with Gasteiger partial charge in [-0.2, -0.15) is 0 Å². The molecule has 1 aliphatic rings. The number of carbonyl (C=O) groups is 3. The fraction of sp³-hybridized carbons (Fsp3) is 0.348. The van der Waals surface area contributed by atoms with Crippen LogP contribution in [0.25, 0.3) is 0 Å². The van der Waals surface area contributed by atoms with Gasteiger partial charge in [-0.1, -0.05) is 67.8 Å². The normalized spacial score (nSPS) is 15.4. The molecule has 0 aromatic heterocycles. The van der Waals surface area contributed by atoms with Crippen molar-refractivity contribution in [3.05, 3.63) is 71.8 Å². The van der Waals surface area contributed by atoms with Crippen LogP contribution in [0.5, 0.6) is 0 Å². The van der Waals surface area contributed by atoms with Gasteiger partial charge in [0.15, 0.2) is 11.8 Å². The molecule has 1 unspecified atom stereocenters. The zero-order valence-electron chi connectivity index (χ0n) is 15.8. The maximum atomic E-state index is 13.0. The second-order valence-corrected chi connectivity index (χ2v) is 7.10. The SMILES string of the molecule is O=C(NC(C(=O)OCc1ccccc1)C(=O)C1CCCCC1)c1ccccc1. The van der Waals surface area contributed by atoms with Crippen LogP contribution in [-0.4, -0.2) is 23.7 Å². The van der Waals surface area contributed by atoms with Gasteiger partial charge in [-0.25, -0.2) is 4.79 Å². The maximum absolute atomic E-state index is 13.0. The second-order valence-electron chi connectivity index (χ2n) is 7.10. The molecule has 0 radical (unpaired) electrons. The summed E-state index contributed by atoms with van der Waals surface area (Å²) in [5.74, 6) is -1.61. The van der Waals surface area contributed by atoms with E-state index in [2.05, 4.69) is 5.32 Å². The zero-order chi connectivity index (χ0) is 19.8. The van der Waals surface area contributed by atoms with Gasteiger partial charge < -0.3 is 10.1 Å². The van der Waals surface area contributed by atoms with Crippen LogP contribution in [0.4, 0.5) is 0 Å². The van der Waals surface area contributed by atoms with Crippen LogP contribution >= 0.6 is 0 Å². The Balaban J connectivity index is 1.72. The van der Waals surface area contributed by atoms with Crippen molar-refractivity contribution in [1.82, 2.24) is 5.32 Å². The molecule has 0 spiro atoms.